The molecule has 9 heteroatoms. The number of nitrogens with zero attached hydrogens (tertiary/aromatic N) is 1. The largest absolute Gasteiger partial charge is 0.497 e. The van der Waals surface area contributed by atoms with Gasteiger partial charge >= 0.3 is 5.97 Å². The second kappa shape index (κ2) is 10.9. The number of carboxylic acids is 1. The lowest BCUT2D eigenvalue weighted by molar-refractivity contribution is -0.143. The minimum atomic E-state index is -3.94. The van der Waals surface area contributed by atoms with Crippen molar-refractivity contribution in [3.8, 4) is 5.75 Å². The van der Waals surface area contributed by atoms with Crippen LogP contribution in [0.1, 0.15) is 37.8 Å². The highest BCUT2D eigenvalue weighted by molar-refractivity contribution is 7.99. The molecule has 0 aromatic heterocycles. The van der Waals surface area contributed by atoms with Gasteiger partial charge in [0.15, 0.2) is 0 Å². The second-order valence-electron chi connectivity index (χ2n) is 7.76. The second-order valence-corrected chi connectivity index (χ2v) is 11.4. The Bertz CT molecular complexity index is 1010. The van der Waals surface area contributed by atoms with Crippen LogP contribution < -0.4 is 4.74 Å². The Morgan fingerprint density at radius 3 is 2.41 bits per heavy atom. The molecule has 0 unspecified atom stereocenters. The molecule has 1 N–H and O–H groups in total. The van der Waals surface area contributed by atoms with E-state index in [-0.39, 0.29) is 16.7 Å². The zero-order chi connectivity index (χ0) is 23.3. The van der Waals surface area contributed by atoms with E-state index < -0.39 is 28.0 Å². The molecule has 6 nitrogen and oxygen atoms in total. The van der Waals surface area contributed by atoms with Crippen LogP contribution in [0, 0.1) is 5.92 Å². The third-order valence-electron chi connectivity index (χ3n) is 5.70. The first-order valence-electron chi connectivity index (χ1n) is 10.5. The van der Waals surface area contributed by atoms with E-state index >= 15 is 0 Å². The fraction of sp³-hybridized carbons (Fsp3) is 0.435. The average molecular weight is 498 g/mol. The van der Waals surface area contributed by atoms with Gasteiger partial charge in [-0.25, -0.2) is 8.42 Å². The Balaban J connectivity index is 2.01. The summed E-state index contributed by atoms with van der Waals surface area (Å²) in [4.78, 5) is 12.2. The number of hydrogen-bond acceptors (Lipinski definition) is 5. The van der Waals surface area contributed by atoms with E-state index in [0.29, 0.717) is 17.2 Å². The van der Waals surface area contributed by atoms with Gasteiger partial charge < -0.3 is 9.84 Å². The summed E-state index contributed by atoms with van der Waals surface area (Å²) in [5, 5.41) is 10.2. The number of methoxy groups -OCH3 is 1. The molecular weight excluding hydrogens is 470 g/mol. The third-order valence-corrected chi connectivity index (χ3v) is 9.31. The Morgan fingerprint density at radius 1 is 1.19 bits per heavy atom. The summed E-state index contributed by atoms with van der Waals surface area (Å²) in [6.07, 6.45) is 2.44. The molecule has 2 aromatic rings. The number of sulfonamides is 1. The van der Waals surface area contributed by atoms with Crippen molar-refractivity contribution in [1.29, 1.82) is 0 Å². The van der Waals surface area contributed by atoms with Crippen molar-refractivity contribution in [1.82, 2.24) is 4.31 Å². The molecule has 1 fully saturated rings. The van der Waals surface area contributed by atoms with Crippen LogP contribution in [0.2, 0.25) is 5.02 Å². The van der Waals surface area contributed by atoms with Crippen molar-refractivity contribution in [3.63, 3.8) is 0 Å². The van der Waals surface area contributed by atoms with Crippen molar-refractivity contribution in [2.24, 2.45) is 5.92 Å². The van der Waals surface area contributed by atoms with Crippen LogP contribution in [0.15, 0.2) is 53.4 Å². The molecule has 0 bridgehead atoms. The summed E-state index contributed by atoms with van der Waals surface area (Å²) in [5.74, 6) is -0.226. The fourth-order valence-electron chi connectivity index (χ4n) is 3.88. The van der Waals surface area contributed by atoms with Gasteiger partial charge in [0.25, 0.3) is 0 Å². The van der Waals surface area contributed by atoms with Crippen LogP contribution >= 0.6 is 23.4 Å². The van der Waals surface area contributed by atoms with E-state index in [2.05, 4.69) is 6.92 Å². The molecule has 0 saturated carbocycles. The summed E-state index contributed by atoms with van der Waals surface area (Å²) in [6.45, 7) is 2.01. The number of piperidine rings is 1. The van der Waals surface area contributed by atoms with Crippen molar-refractivity contribution < 1.29 is 23.1 Å². The van der Waals surface area contributed by atoms with E-state index in [1.165, 1.54) is 28.6 Å². The molecule has 3 rings (SSSR count). The zero-order valence-electron chi connectivity index (χ0n) is 18.1. The standard InChI is InChI=1S/C23H28ClNO5S2/c1-3-4-13-31-22-14-21(16-5-9-18(30-2)10-6-16)25(15-20(22)23(26)27)32(28,29)19-11-7-17(24)8-12-19/h5-12,20-22H,3-4,13-15H2,1-2H3,(H,26,27)/t20-,21+,22-/m1/s1. The van der Waals surface area contributed by atoms with E-state index in [0.717, 1.165) is 24.2 Å². The number of ether oxygens (including phenoxy) is 1. The zero-order valence-corrected chi connectivity index (χ0v) is 20.5. The van der Waals surface area contributed by atoms with Gasteiger partial charge in [0, 0.05) is 16.8 Å². The van der Waals surface area contributed by atoms with Gasteiger partial charge in [-0.15, -0.1) is 0 Å². The molecule has 0 amide bonds. The molecule has 0 aliphatic carbocycles. The van der Waals surface area contributed by atoms with Crippen molar-refractivity contribution >= 4 is 39.4 Å². The van der Waals surface area contributed by atoms with E-state index in [4.69, 9.17) is 16.3 Å². The molecule has 1 saturated heterocycles. The molecule has 2 aromatic carbocycles. The number of aliphatic carboxylic acids is 1. The number of hydrogen-bond donors (Lipinski definition) is 1. The van der Waals surface area contributed by atoms with Gasteiger partial charge in [-0.1, -0.05) is 37.1 Å². The summed E-state index contributed by atoms with van der Waals surface area (Å²) in [5.41, 5.74) is 0.813. The molecule has 1 aliphatic rings. The van der Waals surface area contributed by atoms with Crippen molar-refractivity contribution in [2.75, 3.05) is 19.4 Å². The molecular formula is C23H28ClNO5S2. The minimum absolute atomic E-state index is 0.0826. The van der Waals surface area contributed by atoms with Crippen LogP contribution in [0.5, 0.6) is 5.75 Å². The summed E-state index contributed by atoms with van der Waals surface area (Å²) in [6, 6.07) is 12.8. The van der Waals surface area contributed by atoms with Crippen LogP contribution in [-0.2, 0) is 14.8 Å². The molecule has 0 radical (unpaired) electrons. The Kier molecular flexibility index (Phi) is 8.49. The first kappa shape index (κ1) is 24.9. The van der Waals surface area contributed by atoms with Crippen LogP contribution in [0.25, 0.3) is 0 Å². The molecule has 174 valence electrons. The van der Waals surface area contributed by atoms with Crippen LogP contribution in [0.4, 0.5) is 0 Å². The number of halogens is 1. The van der Waals surface area contributed by atoms with Crippen LogP contribution in [-0.4, -0.2) is 48.5 Å². The highest BCUT2D eigenvalue weighted by Gasteiger charge is 2.45. The van der Waals surface area contributed by atoms with E-state index in [1.54, 1.807) is 31.0 Å². The van der Waals surface area contributed by atoms with E-state index in [9.17, 15) is 18.3 Å². The molecule has 32 heavy (non-hydrogen) atoms. The minimum Gasteiger partial charge on any atom is -0.497 e. The fourth-order valence-corrected chi connectivity index (χ4v) is 7.16. The van der Waals surface area contributed by atoms with Crippen molar-refractivity contribution in [2.45, 2.75) is 42.4 Å². The number of carbonyl (C=O) groups is 1. The van der Waals surface area contributed by atoms with Crippen LogP contribution in [0.3, 0.4) is 0 Å². The Morgan fingerprint density at radius 2 is 1.84 bits per heavy atom. The first-order chi connectivity index (χ1) is 15.3. The maximum atomic E-state index is 13.6. The molecule has 1 heterocycles. The average Bonchev–Trinajstić information content (AvgIpc) is 2.79. The predicted octanol–water partition coefficient (Wildman–Crippen LogP) is 5.09. The lowest BCUT2D eigenvalue weighted by Crippen LogP contribution is -2.49. The lowest BCUT2D eigenvalue weighted by Gasteiger charge is -2.41. The molecule has 1 aliphatic heterocycles. The summed E-state index contributed by atoms with van der Waals surface area (Å²) >= 11 is 7.57. The highest BCUT2D eigenvalue weighted by Crippen LogP contribution is 2.42. The summed E-state index contributed by atoms with van der Waals surface area (Å²) in [7, 11) is -2.36. The number of carboxylic acid groups (broad SMARTS) is 1. The van der Waals surface area contributed by atoms with Gasteiger partial charge in [-0.2, -0.15) is 16.1 Å². The quantitative estimate of drug-likeness (QED) is 0.486. The number of rotatable bonds is 9. The number of thioether (sulfide) groups is 1. The highest BCUT2D eigenvalue weighted by atomic mass is 35.5. The summed E-state index contributed by atoms with van der Waals surface area (Å²) < 4.78 is 33.8. The van der Waals surface area contributed by atoms with Gasteiger partial charge in [0.2, 0.25) is 10.0 Å². The number of benzene rings is 2. The Hall–Kier alpha value is -1.74. The predicted molar refractivity (Wildman–Crippen MR) is 128 cm³/mol. The van der Waals surface area contributed by atoms with Gasteiger partial charge in [-0.3, -0.25) is 4.79 Å². The maximum absolute atomic E-state index is 13.6. The molecule has 0 spiro atoms. The normalized spacial score (nSPS) is 21.9. The van der Waals surface area contributed by atoms with Gasteiger partial charge in [0.05, 0.1) is 24.0 Å². The topological polar surface area (TPSA) is 83.9 Å². The smallest absolute Gasteiger partial charge is 0.308 e. The maximum Gasteiger partial charge on any atom is 0.308 e. The monoisotopic (exact) mass is 497 g/mol. The Labute approximate surface area is 199 Å². The first-order valence-corrected chi connectivity index (χ1v) is 13.4. The lowest BCUT2D eigenvalue weighted by atomic mass is 9.90. The van der Waals surface area contributed by atoms with Gasteiger partial charge in [-0.05, 0) is 60.6 Å². The van der Waals surface area contributed by atoms with Crippen molar-refractivity contribution in [3.05, 3.63) is 59.1 Å². The molecule has 3 atom stereocenters. The van der Waals surface area contributed by atoms with E-state index in [1.807, 2.05) is 12.1 Å². The SMILES string of the molecule is CCCCS[C@@H]1C[C@@H](c2ccc(OC)cc2)N(S(=O)(=O)c2ccc(Cl)cc2)C[C@H]1C(=O)O. The number of unbranched alkanes of at least 4 members (excludes halogenated alkanes) is 1. The third kappa shape index (κ3) is 5.60. The van der Waals surface area contributed by atoms with Gasteiger partial charge in [0.1, 0.15) is 5.75 Å².